The van der Waals surface area contributed by atoms with Crippen molar-refractivity contribution >= 4 is 10.9 Å². The molecule has 0 bridgehead atoms. The molecule has 1 atom stereocenters. The minimum absolute atomic E-state index is 0.0603. The van der Waals surface area contributed by atoms with Crippen molar-refractivity contribution in [2.24, 2.45) is 7.05 Å². The number of benzene rings is 1. The zero-order valence-corrected chi connectivity index (χ0v) is 17.4. The maximum absolute atomic E-state index is 11.8. The first-order valence-electron chi connectivity index (χ1n) is 10.8. The third-order valence-electron chi connectivity index (χ3n) is 6.28. The van der Waals surface area contributed by atoms with Gasteiger partial charge in [-0.1, -0.05) is 6.07 Å². The molecule has 0 aliphatic carbocycles. The second kappa shape index (κ2) is 8.24. The molecule has 4 heterocycles. The van der Waals surface area contributed by atoms with Gasteiger partial charge in [0.25, 0.3) is 5.56 Å². The van der Waals surface area contributed by atoms with Gasteiger partial charge in [-0.15, -0.1) is 0 Å². The van der Waals surface area contributed by atoms with Crippen LogP contribution in [-0.2, 0) is 18.3 Å². The maximum atomic E-state index is 11.8. The quantitative estimate of drug-likeness (QED) is 0.650. The molecule has 0 N–H and O–H groups in total. The summed E-state index contributed by atoms with van der Waals surface area (Å²) in [5.74, 6) is 0.972. The van der Waals surface area contributed by atoms with E-state index >= 15 is 0 Å². The van der Waals surface area contributed by atoms with Gasteiger partial charge in [-0.05, 0) is 43.0 Å². The second-order valence-corrected chi connectivity index (χ2v) is 8.35. The predicted molar refractivity (Wildman–Crippen MR) is 115 cm³/mol. The van der Waals surface area contributed by atoms with Gasteiger partial charge in [-0.2, -0.15) is 5.10 Å². The van der Waals surface area contributed by atoms with E-state index in [2.05, 4.69) is 45.0 Å². The topological polar surface area (TPSA) is 61.5 Å². The molecule has 3 aromatic rings. The molecular formula is C23H28N4O3. The van der Waals surface area contributed by atoms with Crippen LogP contribution in [0.15, 0.2) is 47.5 Å². The summed E-state index contributed by atoms with van der Waals surface area (Å²) in [5, 5.41) is 5.30. The highest BCUT2D eigenvalue weighted by molar-refractivity contribution is 5.86. The molecule has 7 nitrogen and oxygen atoms in total. The standard InChI is InChI=1S/C23H28N4O3/c1-25-23(28)13-17(14-24-25)15-26-9-5-19(6-10-26)30-22-4-2-3-21-20(22)7-11-27(21)18-8-12-29-16-18/h2-4,7,11,13-14,18-19H,5-6,8-10,12,15-16H2,1H3. The predicted octanol–water partition coefficient (Wildman–Crippen LogP) is 2.74. The number of piperidine rings is 1. The molecule has 2 aliphatic rings. The Kier molecular flexibility index (Phi) is 5.31. The Balaban J connectivity index is 1.22. The summed E-state index contributed by atoms with van der Waals surface area (Å²) in [7, 11) is 1.67. The van der Waals surface area contributed by atoms with E-state index in [1.54, 1.807) is 19.3 Å². The van der Waals surface area contributed by atoms with Crippen LogP contribution in [0.2, 0.25) is 0 Å². The molecule has 2 saturated heterocycles. The van der Waals surface area contributed by atoms with Gasteiger partial charge < -0.3 is 14.0 Å². The lowest BCUT2D eigenvalue weighted by atomic mass is 10.1. The number of ether oxygens (including phenoxy) is 2. The van der Waals surface area contributed by atoms with Crippen molar-refractivity contribution in [3.05, 3.63) is 58.6 Å². The van der Waals surface area contributed by atoms with E-state index in [1.165, 1.54) is 15.6 Å². The van der Waals surface area contributed by atoms with E-state index in [-0.39, 0.29) is 11.7 Å². The van der Waals surface area contributed by atoms with Crippen molar-refractivity contribution in [3.8, 4) is 5.75 Å². The largest absolute Gasteiger partial charge is 0.490 e. The van der Waals surface area contributed by atoms with Crippen molar-refractivity contribution in [2.45, 2.75) is 38.0 Å². The van der Waals surface area contributed by atoms with E-state index < -0.39 is 0 Å². The molecule has 0 spiro atoms. The van der Waals surface area contributed by atoms with E-state index in [1.807, 2.05) is 0 Å². The molecule has 0 amide bonds. The molecule has 0 radical (unpaired) electrons. The zero-order valence-electron chi connectivity index (χ0n) is 17.4. The number of hydrogen-bond acceptors (Lipinski definition) is 5. The van der Waals surface area contributed by atoms with Crippen LogP contribution in [0.1, 0.15) is 30.9 Å². The highest BCUT2D eigenvalue weighted by Crippen LogP contribution is 2.32. The summed E-state index contributed by atoms with van der Waals surface area (Å²) in [6.07, 6.45) is 7.18. The van der Waals surface area contributed by atoms with Crippen LogP contribution < -0.4 is 10.3 Å². The lowest BCUT2D eigenvalue weighted by Crippen LogP contribution is -2.38. The lowest BCUT2D eigenvalue weighted by molar-refractivity contribution is 0.0978. The molecule has 2 fully saturated rings. The van der Waals surface area contributed by atoms with Gasteiger partial charge in [0.05, 0.1) is 24.4 Å². The summed E-state index contributed by atoms with van der Waals surface area (Å²) >= 11 is 0. The van der Waals surface area contributed by atoms with Gasteiger partial charge in [0.1, 0.15) is 11.9 Å². The normalized spacial score (nSPS) is 20.8. The van der Waals surface area contributed by atoms with Crippen molar-refractivity contribution in [2.75, 3.05) is 26.3 Å². The first-order chi connectivity index (χ1) is 14.7. The van der Waals surface area contributed by atoms with Gasteiger partial charge in [0.2, 0.25) is 0 Å². The fourth-order valence-electron chi connectivity index (χ4n) is 4.54. The summed E-state index contributed by atoms with van der Waals surface area (Å²) in [5.41, 5.74) is 2.13. The molecule has 5 rings (SSSR count). The third kappa shape index (κ3) is 3.87. The molecule has 30 heavy (non-hydrogen) atoms. The second-order valence-electron chi connectivity index (χ2n) is 8.35. The number of nitrogens with zero attached hydrogens (tertiary/aromatic N) is 4. The number of aromatic nitrogens is 3. The Hall–Kier alpha value is -2.64. The first-order valence-corrected chi connectivity index (χ1v) is 10.8. The molecule has 158 valence electrons. The van der Waals surface area contributed by atoms with Gasteiger partial charge in [-0.3, -0.25) is 9.69 Å². The summed E-state index contributed by atoms with van der Waals surface area (Å²) in [6.45, 7) is 4.30. The SMILES string of the molecule is Cn1ncc(CN2CCC(Oc3cccc4c3ccn4C3CCOC3)CC2)cc1=O. The van der Waals surface area contributed by atoms with Crippen molar-refractivity contribution < 1.29 is 9.47 Å². The van der Waals surface area contributed by atoms with Gasteiger partial charge >= 0.3 is 0 Å². The monoisotopic (exact) mass is 408 g/mol. The molecular weight excluding hydrogens is 380 g/mol. The number of aryl methyl sites for hydroxylation is 1. The van der Waals surface area contributed by atoms with Crippen LogP contribution in [0.5, 0.6) is 5.75 Å². The highest BCUT2D eigenvalue weighted by atomic mass is 16.5. The average Bonchev–Trinajstić information content (AvgIpc) is 3.42. The number of hydrogen-bond donors (Lipinski definition) is 0. The van der Waals surface area contributed by atoms with Crippen molar-refractivity contribution in [1.29, 1.82) is 0 Å². The zero-order chi connectivity index (χ0) is 20.5. The third-order valence-corrected chi connectivity index (χ3v) is 6.28. The van der Waals surface area contributed by atoms with Gasteiger partial charge in [0, 0.05) is 50.9 Å². The minimum atomic E-state index is -0.0603. The Morgan fingerprint density at radius 3 is 2.83 bits per heavy atom. The van der Waals surface area contributed by atoms with E-state index in [0.29, 0.717) is 6.04 Å². The molecule has 2 aromatic heterocycles. The van der Waals surface area contributed by atoms with Crippen LogP contribution in [0.25, 0.3) is 10.9 Å². The van der Waals surface area contributed by atoms with E-state index in [9.17, 15) is 4.79 Å². The molecule has 7 heteroatoms. The van der Waals surface area contributed by atoms with Crippen LogP contribution >= 0.6 is 0 Å². The first kappa shape index (κ1) is 19.3. The van der Waals surface area contributed by atoms with Crippen LogP contribution in [0.3, 0.4) is 0 Å². The minimum Gasteiger partial charge on any atom is -0.490 e. The van der Waals surface area contributed by atoms with Crippen LogP contribution in [0, 0.1) is 0 Å². The molecule has 1 aromatic carbocycles. The van der Waals surface area contributed by atoms with Crippen molar-refractivity contribution in [1.82, 2.24) is 19.2 Å². The number of rotatable bonds is 5. The number of fused-ring (bicyclic) bond motifs is 1. The lowest BCUT2D eigenvalue weighted by Gasteiger charge is -2.32. The molecule has 1 unspecified atom stereocenters. The van der Waals surface area contributed by atoms with Gasteiger partial charge in [0.15, 0.2) is 0 Å². The smallest absolute Gasteiger partial charge is 0.266 e. The van der Waals surface area contributed by atoms with E-state index in [0.717, 1.165) is 63.4 Å². The average molecular weight is 409 g/mol. The highest BCUT2D eigenvalue weighted by Gasteiger charge is 2.23. The Labute approximate surface area is 175 Å². The fourth-order valence-corrected chi connectivity index (χ4v) is 4.54. The van der Waals surface area contributed by atoms with Crippen molar-refractivity contribution in [3.63, 3.8) is 0 Å². The Morgan fingerprint density at radius 1 is 1.20 bits per heavy atom. The van der Waals surface area contributed by atoms with E-state index in [4.69, 9.17) is 9.47 Å². The number of likely N-dealkylation sites (tertiary alicyclic amines) is 1. The summed E-state index contributed by atoms with van der Waals surface area (Å²) in [6, 6.07) is 10.6. The summed E-state index contributed by atoms with van der Waals surface area (Å²) < 4.78 is 15.7. The Bertz CT molecular complexity index is 1080. The van der Waals surface area contributed by atoms with Gasteiger partial charge in [-0.25, -0.2) is 4.68 Å². The van der Waals surface area contributed by atoms with Crippen LogP contribution in [0.4, 0.5) is 0 Å². The Morgan fingerprint density at radius 2 is 2.07 bits per heavy atom. The maximum Gasteiger partial charge on any atom is 0.266 e. The molecule has 0 saturated carbocycles. The van der Waals surface area contributed by atoms with Crippen LogP contribution in [-0.4, -0.2) is 51.7 Å². The molecule has 2 aliphatic heterocycles. The summed E-state index contributed by atoms with van der Waals surface area (Å²) in [4.78, 5) is 14.2. The fraction of sp³-hybridized carbons (Fsp3) is 0.478.